The number of benzene rings is 1. The van der Waals surface area contributed by atoms with Crippen molar-refractivity contribution >= 4 is 15.7 Å². The van der Waals surface area contributed by atoms with Crippen molar-refractivity contribution in [1.29, 1.82) is 0 Å². The standard InChI is InChI=1S/C14H20FN3O4S/c1-9-12(15)6-11(7-14(9)18(19)20)23(21,22)17-13(8-16)10-4-2-3-5-10/h6-7,10,13,17H,2-5,8,16H2,1H3. The normalized spacial score (nSPS) is 17.3. The number of halogens is 1. The molecule has 1 aromatic carbocycles. The van der Waals surface area contributed by atoms with Crippen LogP contribution in [-0.4, -0.2) is 25.9 Å². The lowest BCUT2D eigenvalue weighted by Gasteiger charge is -2.23. The molecule has 23 heavy (non-hydrogen) atoms. The average molecular weight is 345 g/mol. The van der Waals surface area contributed by atoms with Gasteiger partial charge in [-0.1, -0.05) is 12.8 Å². The van der Waals surface area contributed by atoms with Crippen LogP contribution in [0.3, 0.4) is 0 Å². The highest BCUT2D eigenvalue weighted by atomic mass is 32.2. The number of hydrogen-bond acceptors (Lipinski definition) is 5. The van der Waals surface area contributed by atoms with Crippen molar-refractivity contribution < 1.29 is 17.7 Å². The minimum Gasteiger partial charge on any atom is -0.329 e. The van der Waals surface area contributed by atoms with Crippen molar-refractivity contribution in [1.82, 2.24) is 4.72 Å². The molecule has 7 nitrogen and oxygen atoms in total. The second-order valence-electron chi connectivity index (χ2n) is 5.81. The van der Waals surface area contributed by atoms with Crippen LogP contribution in [0.4, 0.5) is 10.1 Å². The van der Waals surface area contributed by atoms with Crippen molar-refractivity contribution in [2.24, 2.45) is 11.7 Å². The van der Waals surface area contributed by atoms with E-state index in [4.69, 9.17) is 5.73 Å². The zero-order valence-electron chi connectivity index (χ0n) is 12.8. The predicted molar refractivity (Wildman–Crippen MR) is 82.9 cm³/mol. The Morgan fingerprint density at radius 1 is 1.43 bits per heavy atom. The number of sulfonamides is 1. The van der Waals surface area contributed by atoms with E-state index in [9.17, 15) is 22.9 Å². The van der Waals surface area contributed by atoms with Crippen LogP contribution in [0.5, 0.6) is 0 Å². The third kappa shape index (κ3) is 3.85. The number of nitrogens with zero attached hydrogens (tertiary/aromatic N) is 1. The Kier molecular flexibility index (Phi) is 5.33. The Labute approximate surface area is 134 Å². The van der Waals surface area contributed by atoms with Gasteiger partial charge in [0, 0.05) is 18.7 Å². The Bertz CT molecular complexity index is 702. The lowest BCUT2D eigenvalue weighted by atomic mass is 9.99. The van der Waals surface area contributed by atoms with Gasteiger partial charge in [0.2, 0.25) is 10.0 Å². The van der Waals surface area contributed by atoms with Gasteiger partial charge in [-0.05, 0) is 31.7 Å². The fourth-order valence-corrected chi connectivity index (χ4v) is 4.30. The lowest BCUT2D eigenvalue weighted by molar-refractivity contribution is -0.385. The summed E-state index contributed by atoms with van der Waals surface area (Å²) >= 11 is 0. The molecule has 3 N–H and O–H groups in total. The average Bonchev–Trinajstić information content (AvgIpc) is 3.01. The van der Waals surface area contributed by atoms with E-state index in [0.717, 1.165) is 37.8 Å². The molecule has 0 saturated heterocycles. The maximum atomic E-state index is 13.8. The highest BCUT2D eigenvalue weighted by Crippen LogP contribution is 2.29. The topological polar surface area (TPSA) is 115 Å². The summed E-state index contributed by atoms with van der Waals surface area (Å²) in [7, 11) is -4.08. The molecule has 0 radical (unpaired) electrons. The van der Waals surface area contributed by atoms with Crippen molar-refractivity contribution in [2.75, 3.05) is 6.54 Å². The molecule has 1 fully saturated rings. The highest BCUT2D eigenvalue weighted by molar-refractivity contribution is 7.89. The summed E-state index contributed by atoms with van der Waals surface area (Å²) in [6.45, 7) is 1.36. The molecule has 1 aliphatic rings. The van der Waals surface area contributed by atoms with Gasteiger partial charge in [0.1, 0.15) is 5.82 Å². The molecule has 1 atom stereocenters. The molecule has 0 aliphatic heterocycles. The minimum atomic E-state index is -4.08. The lowest BCUT2D eigenvalue weighted by Crippen LogP contribution is -2.44. The van der Waals surface area contributed by atoms with E-state index in [1.807, 2.05) is 0 Å². The van der Waals surface area contributed by atoms with Crippen LogP contribution in [0, 0.1) is 28.8 Å². The Morgan fingerprint density at radius 2 is 2.04 bits per heavy atom. The van der Waals surface area contributed by atoms with Crippen molar-refractivity contribution in [2.45, 2.75) is 43.5 Å². The summed E-state index contributed by atoms with van der Waals surface area (Å²) in [6.07, 6.45) is 3.81. The van der Waals surface area contributed by atoms with E-state index in [1.165, 1.54) is 6.92 Å². The fraction of sp³-hybridized carbons (Fsp3) is 0.571. The van der Waals surface area contributed by atoms with Gasteiger partial charge in [0.05, 0.1) is 15.4 Å². The largest absolute Gasteiger partial charge is 0.329 e. The summed E-state index contributed by atoms with van der Waals surface area (Å²) in [4.78, 5) is 9.69. The zero-order chi connectivity index (χ0) is 17.2. The zero-order valence-corrected chi connectivity index (χ0v) is 13.6. The number of nitrogens with one attached hydrogen (secondary N) is 1. The molecule has 0 heterocycles. The van der Waals surface area contributed by atoms with E-state index in [-0.39, 0.29) is 18.0 Å². The number of nitro benzene ring substituents is 1. The van der Waals surface area contributed by atoms with E-state index in [2.05, 4.69) is 4.72 Å². The van der Waals surface area contributed by atoms with Crippen molar-refractivity contribution in [3.63, 3.8) is 0 Å². The Balaban J connectivity index is 2.33. The maximum Gasteiger partial charge on any atom is 0.276 e. The molecule has 0 spiro atoms. The van der Waals surface area contributed by atoms with Crippen molar-refractivity contribution in [3.05, 3.63) is 33.6 Å². The molecule has 128 valence electrons. The quantitative estimate of drug-likeness (QED) is 0.603. The Hall–Kier alpha value is -1.58. The van der Waals surface area contributed by atoms with Crippen molar-refractivity contribution in [3.8, 4) is 0 Å². The molecular formula is C14H20FN3O4S. The smallest absolute Gasteiger partial charge is 0.276 e. The first-order valence-electron chi connectivity index (χ1n) is 7.43. The van der Waals surface area contributed by atoms with Gasteiger partial charge in [0.25, 0.3) is 5.69 Å². The SMILES string of the molecule is Cc1c(F)cc(S(=O)(=O)NC(CN)C2CCCC2)cc1[N+](=O)[O-]. The summed E-state index contributed by atoms with van der Waals surface area (Å²) in [5, 5.41) is 10.9. The van der Waals surface area contributed by atoms with Gasteiger partial charge in [0.15, 0.2) is 0 Å². The summed E-state index contributed by atoms with van der Waals surface area (Å²) in [6, 6.07) is 1.22. The maximum absolute atomic E-state index is 13.8. The van der Waals surface area contributed by atoms with Crippen LogP contribution >= 0.6 is 0 Å². The molecule has 1 saturated carbocycles. The molecule has 0 amide bonds. The van der Waals surface area contributed by atoms with Crippen LogP contribution in [0.25, 0.3) is 0 Å². The van der Waals surface area contributed by atoms with Gasteiger partial charge >= 0.3 is 0 Å². The summed E-state index contributed by atoms with van der Waals surface area (Å²) in [5.41, 5.74) is 4.91. The highest BCUT2D eigenvalue weighted by Gasteiger charge is 2.30. The number of rotatable bonds is 6. The first-order valence-corrected chi connectivity index (χ1v) is 8.91. The fourth-order valence-electron chi connectivity index (χ4n) is 2.95. The van der Waals surface area contributed by atoms with Crippen LogP contribution in [-0.2, 0) is 10.0 Å². The third-order valence-corrected chi connectivity index (χ3v) is 5.80. The van der Waals surface area contributed by atoms with Gasteiger partial charge < -0.3 is 5.73 Å². The van der Waals surface area contributed by atoms with Crippen LogP contribution in [0.1, 0.15) is 31.2 Å². The number of hydrogen-bond donors (Lipinski definition) is 2. The number of nitro groups is 1. The summed E-state index contributed by atoms with van der Waals surface area (Å²) in [5.74, 6) is -0.787. The first-order chi connectivity index (χ1) is 10.8. The van der Waals surface area contributed by atoms with E-state index in [0.29, 0.717) is 0 Å². The molecule has 0 aromatic heterocycles. The van der Waals surface area contributed by atoms with Gasteiger partial charge in [-0.15, -0.1) is 0 Å². The summed E-state index contributed by atoms with van der Waals surface area (Å²) < 4.78 is 41.2. The molecule has 1 aromatic rings. The molecule has 2 rings (SSSR count). The van der Waals surface area contributed by atoms with Crippen LogP contribution in [0.2, 0.25) is 0 Å². The Morgan fingerprint density at radius 3 is 2.57 bits per heavy atom. The van der Waals surface area contributed by atoms with Gasteiger partial charge in [-0.2, -0.15) is 0 Å². The van der Waals surface area contributed by atoms with Gasteiger partial charge in [-0.3, -0.25) is 10.1 Å². The minimum absolute atomic E-state index is 0.125. The second-order valence-corrected chi connectivity index (χ2v) is 7.53. The molecule has 1 unspecified atom stereocenters. The van der Waals surface area contributed by atoms with Crippen LogP contribution in [0.15, 0.2) is 17.0 Å². The molecule has 1 aliphatic carbocycles. The predicted octanol–water partition coefficient (Wildman–Crippen LogP) is 1.84. The second kappa shape index (κ2) is 6.90. The molecule has 9 heteroatoms. The van der Waals surface area contributed by atoms with E-state index >= 15 is 0 Å². The molecule has 0 bridgehead atoms. The number of nitrogens with two attached hydrogens (primary N) is 1. The monoisotopic (exact) mass is 345 g/mol. The van der Waals surface area contributed by atoms with Crippen LogP contribution < -0.4 is 10.5 Å². The first kappa shape index (κ1) is 17.8. The van der Waals surface area contributed by atoms with E-state index < -0.39 is 37.4 Å². The van der Waals surface area contributed by atoms with E-state index in [1.54, 1.807) is 0 Å². The molecular weight excluding hydrogens is 325 g/mol. The van der Waals surface area contributed by atoms with Gasteiger partial charge in [-0.25, -0.2) is 17.5 Å². The third-order valence-electron chi connectivity index (χ3n) is 4.33.